The van der Waals surface area contributed by atoms with Crippen LogP contribution >= 0.6 is 0 Å². The second-order valence-corrected chi connectivity index (χ2v) is 6.92. The van der Waals surface area contributed by atoms with Crippen molar-refractivity contribution >= 4 is 6.03 Å². The van der Waals surface area contributed by atoms with E-state index in [9.17, 15) is 4.79 Å². The van der Waals surface area contributed by atoms with Crippen LogP contribution in [0.1, 0.15) is 24.0 Å². The molecule has 3 heterocycles. The molecule has 0 saturated carbocycles. The van der Waals surface area contributed by atoms with Crippen molar-refractivity contribution in [1.29, 1.82) is 5.26 Å². The van der Waals surface area contributed by atoms with E-state index in [1.54, 1.807) is 4.90 Å². The number of hydrogen-bond donors (Lipinski definition) is 0. The average Bonchev–Trinajstić information content (AvgIpc) is 2.86. The number of benzene rings is 1. The van der Waals surface area contributed by atoms with Gasteiger partial charge >= 0.3 is 6.03 Å². The van der Waals surface area contributed by atoms with Crippen LogP contribution in [0.2, 0.25) is 0 Å². The summed E-state index contributed by atoms with van der Waals surface area (Å²) in [7, 11) is 3.65. The van der Waals surface area contributed by atoms with Crippen molar-refractivity contribution in [2.75, 3.05) is 33.7 Å². The van der Waals surface area contributed by atoms with Crippen LogP contribution in [-0.4, -0.2) is 60.5 Å². The summed E-state index contributed by atoms with van der Waals surface area (Å²) < 4.78 is 0. The topological polar surface area (TPSA) is 50.6 Å². The molecular formula is C18H24N4O. The van der Waals surface area contributed by atoms with E-state index < -0.39 is 0 Å². The van der Waals surface area contributed by atoms with E-state index in [0.29, 0.717) is 17.5 Å². The normalized spacial score (nSPS) is 24.1. The van der Waals surface area contributed by atoms with Gasteiger partial charge in [0.25, 0.3) is 0 Å². The Hall–Kier alpha value is -2.06. The first-order chi connectivity index (χ1) is 11.1. The highest BCUT2D eigenvalue weighted by Gasteiger charge is 2.36. The van der Waals surface area contributed by atoms with Gasteiger partial charge in [-0.05, 0) is 36.5 Å². The van der Waals surface area contributed by atoms with Gasteiger partial charge in [-0.25, -0.2) is 4.79 Å². The molecule has 3 fully saturated rings. The van der Waals surface area contributed by atoms with Crippen LogP contribution in [0.5, 0.6) is 0 Å². The van der Waals surface area contributed by atoms with Crippen molar-refractivity contribution in [1.82, 2.24) is 14.7 Å². The Labute approximate surface area is 138 Å². The molecule has 0 N–H and O–H groups in total. The third kappa shape index (κ3) is 3.48. The summed E-state index contributed by atoms with van der Waals surface area (Å²) in [6, 6.07) is 10.6. The molecule has 122 valence electrons. The molecule has 1 aromatic carbocycles. The number of nitriles is 1. The zero-order chi connectivity index (χ0) is 16.4. The van der Waals surface area contributed by atoms with Crippen molar-refractivity contribution in [2.24, 2.45) is 5.92 Å². The maximum Gasteiger partial charge on any atom is 0.319 e. The fourth-order valence-electron chi connectivity index (χ4n) is 3.73. The molecule has 2 atom stereocenters. The molecule has 1 aromatic rings. The number of amides is 2. The van der Waals surface area contributed by atoms with E-state index in [4.69, 9.17) is 5.26 Å². The summed E-state index contributed by atoms with van der Waals surface area (Å²) in [5.41, 5.74) is 1.94. The second kappa shape index (κ2) is 6.59. The lowest BCUT2D eigenvalue weighted by atomic mass is 9.94. The van der Waals surface area contributed by atoms with Gasteiger partial charge in [-0.3, -0.25) is 4.90 Å². The molecular weight excluding hydrogens is 288 g/mol. The van der Waals surface area contributed by atoms with Crippen LogP contribution in [0.25, 0.3) is 0 Å². The molecule has 0 aromatic heterocycles. The quantitative estimate of drug-likeness (QED) is 0.840. The van der Waals surface area contributed by atoms with Crippen molar-refractivity contribution < 1.29 is 4.79 Å². The van der Waals surface area contributed by atoms with Gasteiger partial charge in [-0.1, -0.05) is 12.1 Å². The summed E-state index contributed by atoms with van der Waals surface area (Å²) in [5.74, 6) is 0.566. The molecule has 3 aliphatic rings. The molecule has 0 unspecified atom stereocenters. The summed E-state index contributed by atoms with van der Waals surface area (Å²) in [6.07, 6.45) is 2.38. The van der Waals surface area contributed by atoms with Crippen LogP contribution < -0.4 is 0 Å². The number of nitrogens with zero attached hydrogens (tertiary/aromatic N) is 4. The lowest BCUT2D eigenvalue weighted by Gasteiger charge is -2.36. The van der Waals surface area contributed by atoms with Gasteiger partial charge in [0.1, 0.15) is 0 Å². The largest absolute Gasteiger partial charge is 0.331 e. The molecule has 0 aliphatic carbocycles. The number of piperidine rings is 1. The lowest BCUT2D eigenvalue weighted by Crippen LogP contribution is -2.45. The van der Waals surface area contributed by atoms with Crippen LogP contribution in [0, 0.1) is 17.2 Å². The van der Waals surface area contributed by atoms with E-state index in [0.717, 1.165) is 32.6 Å². The number of hydrogen-bond acceptors (Lipinski definition) is 3. The van der Waals surface area contributed by atoms with Crippen LogP contribution in [0.15, 0.2) is 24.3 Å². The zero-order valence-electron chi connectivity index (χ0n) is 13.9. The summed E-state index contributed by atoms with van der Waals surface area (Å²) in [5, 5.41) is 8.90. The van der Waals surface area contributed by atoms with E-state index in [1.165, 1.54) is 12.0 Å². The Morgan fingerprint density at radius 3 is 2.61 bits per heavy atom. The third-order valence-electron chi connectivity index (χ3n) is 4.95. The molecule has 2 amide bonds. The predicted molar refractivity (Wildman–Crippen MR) is 88.7 cm³/mol. The summed E-state index contributed by atoms with van der Waals surface area (Å²) in [6.45, 7) is 3.65. The van der Waals surface area contributed by atoms with Gasteiger partial charge in [0.2, 0.25) is 0 Å². The molecule has 0 radical (unpaired) electrons. The molecule has 2 bridgehead atoms. The molecule has 4 rings (SSSR count). The maximum atomic E-state index is 12.3. The highest BCUT2D eigenvalue weighted by molar-refractivity contribution is 5.74. The first-order valence-corrected chi connectivity index (χ1v) is 8.26. The minimum absolute atomic E-state index is 0.127. The van der Waals surface area contributed by atoms with Crippen LogP contribution in [0.3, 0.4) is 0 Å². The Morgan fingerprint density at radius 2 is 1.96 bits per heavy atom. The monoisotopic (exact) mass is 312 g/mol. The molecule has 0 spiro atoms. The third-order valence-corrected chi connectivity index (χ3v) is 4.95. The lowest BCUT2D eigenvalue weighted by molar-refractivity contribution is 0.123. The van der Waals surface area contributed by atoms with Crippen molar-refractivity contribution in [2.45, 2.75) is 25.4 Å². The molecule has 3 saturated heterocycles. The maximum absolute atomic E-state index is 12.3. The van der Waals surface area contributed by atoms with Gasteiger partial charge in [-0.2, -0.15) is 5.26 Å². The van der Waals surface area contributed by atoms with Crippen molar-refractivity contribution in [3.8, 4) is 6.07 Å². The first kappa shape index (κ1) is 15.8. The Bertz CT molecular complexity index is 604. The molecule has 5 nitrogen and oxygen atoms in total. The number of rotatable bonds is 2. The number of carbonyl (C=O) groups excluding carboxylic acids is 1. The first-order valence-electron chi connectivity index (χ1n) is 8.26. The van der Waals surface area contributed by atoms with Gasteiger partial charge < -0.3 is 9.80 Å². The standard InChI is InChI=1S/C18H24N4O/c1-20(2)18(23)22-12-16-7-8-17(13-22)21(11-16)10-15-5-3-14(9-19)4-6-15/h3-6,16-17H,7-8,10-13H2,1-2H3/t16-,17-/m1/s1. The predicted octanol–water partition coefficient (Wildman–Crippen LogP) is 2.14. The van der Waals surface area contributed by atoms with Gasteiger partial charge in [0, 0.05) is 46.3 Å². The number of urea groups is 1. The summed E-state index contributed by atoms with van der Waals surface area (Å²) >= 11 is 0. The molecule has 3 aliphatic heterocycles. The van der Waals surface area contributed by atoms with Gasteiger partial charge in [0.05, 0.1) is 11.6 Å². The highest BCUT2D eigenvalue weighted by Crippen LogP contribution is 2.29. The van der Waals surface area contributed by atoms with Gasteiger partial charge in [-0.15, -0.1) is 0 Å². The second-order valence-electron chi connectivity index (χ2n) is 6.92. The van der Waals surface area contributed by atoms with E-state index in [-0.39, 0.29) is 6.03 Å². The number of fused-ring (bicyclic) bond motifs is 4. The SMILES string of the molecule is CN(C)C(=O)N1C[C@@H]2CC[C@H](C1)N(Cc1ccc(C#N)cc1)C2. The van der Waals surface area contributed by atoms with E-state index in [2.05, 4.69) is 11.0 Å². The zero-order valence-corrected chi connectivity index (χ0v) is 13.9. The Morgan fingerprint density at radius 1 is 1.22 bits per heavy atom. The Kier molecular flexibility index (Phi) is 4.53. The van der Waals surface area contributed by atoms with Crippen LogP contribution in [-0.2, 0) is 6.54 Å². The van der Waals surface area contributed by atoms with Gasteiger partial charge in [0.15, 0.2) is 0 Å². The minimum Gasteiger partial charge on any atom is -0.331 e. The highest BCUT2D eigenvalue weighted by atomic mass is 16.2. The van der Waals surface area contributed by atoms with Crippen LogP contribution in [0.4, 0.5) is 4.79 Å². The fraction of sp³-hybridized carbons (Fsp3) is 0.556. The Balaban J connectivity index is 1.70. The van der Waals surface area contributed by atoms with E-state index in [1.807, 2.05) is 43.3 Å². The van der Waals surface area contributed by atoms with Crippen molar-refractivity contribution in [3.63, 3.8) is 0 Å². The average molecular weight is 312 g/mol. The molecule has 5 heteroatoms. The number of carbonyl (C=O) groups is 1. The molecule has 23 heavy (non-hydrogen) atoms. The summed E-state index contributed by atoms with van der Waals surface area (Å²) in [4.78, 5) is 18.5. The minimum atomic E-state index is 0.127. The van der Waals surface area contributed by atoms with E-state index >= 15 is 0 Å². The fourth-order valence-corrected chi connectivity index (χ4v) is 3.73. The van der Waals surface area contributed by atoms with Crippen molar-refractivity contribution in [3.05, 3.63) is 35.4 Å². The smallest absolute Gasteiger partial charge is 0.319 e.